The number of fused-ring (bicyclic) bond motifs is 1. The molecule has 2 aromatic rings. The molecule has 1 unspecified atom stereocenters. The third-order valence-corrected chi connectivity index (χ3v) is 5.72. The van der Waals surface area contributed by atoms with Crippen molar-refractivity contribution in [1.29, 1.82) is 0 Å². The zero-order valence-corrected chi connectivity index (χ0v) is 15.5. The lowest BCUT2D eigenvalue weighted by atomic mass is 9.96. The van der Waals surface area contributed by atoms with Gasteiger partial charge in [-0.3, -0.25) is 14.7 Å². The fourth-order valence-electron chi connectivity index (χ4n) is 4.10. The van der Waals surface area contributed by atoms with E-state index in [-0.39, 0.29) is 36.5 Å². The van der Waals surface area contributed by atoms with Crippen molar-refractivity contribution in [2.45, 2.75) is 31.3 Å². The number of carbonyl (C=O) groups excluding carboxylic acids is 1. The van der Waals surface area contributed by atoms with E-state index in [1.165, 1.54) is 0 Å². The number of phenolic OH excluding ortho intramolecular Hbond substituents is 1. The van der Waals surface area contributed by atoms with Crippen LogP contribution in [0.1, 0.15) is 36.4 Å². The number of aromatic nitrogens is 1. The lowest BCUT2D eigenvalue weighted by Crippen LogP contribution is -2.38. The minimum atomic E-state index is -0.152. The third kappa shape index (κ3) is 3.26. The summed E-state index contributed by atoms with van der Waals surface area (Å²) in [5.41, 5.74) is 1.81. The smallest absolute Gasteiger partial charge is 0.231 e. The summed E-state index contributed by atoms with van der Waals surface area (Å²) < 4.78 is 10.9. The van der Waals surface area contributed by atoms with Crippen LogP contribution in [-0.4, -0.2) is 46.8 Å². The van der Waals surface area contributed by atoms with Crippen molar-refractivity contribution in [3.63, 3.8) is 0 Å². The van der Waals surface area contributed by atoms with Gasteiger partial charge in [-0.05, 0) is 43.0 Å². The van der Waals surface area contributed by atoms with E-state index in [2.05, 4.69) is 15.2 Å². The first-order valence-electron chi connectivity index (χ1n) is 9.76. The van der Waals surface area contributed by atoms with E-state index in [1.807, 2.05) is 18.2 Å². The maximum absolute atomic E-state index is 12.2. The first-order valence-corrected chi connectivity index (χ1v) is 9.76. The number of benzene rings is 1. The van der Waals surface area contributed by atoms with Gasteiger partial charge in [-0.25, -0.2) is 0 Å². The molecule has 2 fully saturated rings. The van der Waals surface area contributed by atoms with Crippen LogP contribution in [-0.2, 0) is 4.79 Å². The van der Waals surface area contributed by atoms with Crippen LogP contribution in [0.2, 0.25) is 0 Å². The summed E-state index contributed by atoms with van der Waals surface area (Å²) >= 11 is 0. The highest BCUT2D eigenvalue weighted by molar-refractivity contribution is 5.81. The van der Waals surface area contributed by atoms with Crippen molar-refractivity contribution in [2.75, 3.05) is 19.9 Å². The average molecular weight is 381 g/mol. The number of nitrogens with one attached hydrogen (secondary N) is 1. The molecule has 28 heavy (non-hydrogen) atoms. The van der Waals surface area contributed by atoms with Gasteiger partial charge in [0.1, 0.15) is 5.75 Å². The quantitative estimate of drug-likeness (QED) is 0.826. The number of hydrogen-bond acceptors (Lipinski definition) is 6. The van der Waals surface area contributed by atoms with Gasteiger partial charge < -0.3 is 19.9 Å². The first kappa shape index (κ1) is 17.3. The van der Waals surface area contributed by atoms with Crippen LogP contribution >= 0.6 is 0 Å². The van der Waals surface area contributed by atoms with E-state index in [0.717, 1.165) is 43.5 Å². The minimum absolute atomic E-state index is 0.133. The molecule has 146 valence electrons. The molecule has 1 aromatic heterocycles. The van der Waals surface area contributed by atoms with Crippen molar-refractivity contribution in [3.8, 4) is 17.2 Å². The lowest BCUT2D eigenvalue weighted by Gasteiger charge is -2.29. The topological polar surface area (TPSA) is 83.9 Å². The van der Waals surface area contributed by atoms with Crippen LogP contribution in [0.25, 0.3) is 0 Å². The normalized spacial score (nSPS) is 22.2. The maximum atomic E-state index is 12.2. The van der Waals surface area contributed by atoms with Gasteiger partial charge in [0.05, 0.1) is 6.04 Å². The van der Waals surface area contributed by atoms with Gasteiger partial charge in [-0.2, -0.15) is 0 Å². The Balaban J connectivity index is 1.44. The summed E-state index contributed by atoms with van der Waals surface area (Å²) in [5, 5.41) is 13.9. The van der Waals surface area contributed by atoms with E-state index in [4.69, 9.17) is 9.47 Å². The zero-order chi connectivity index (χ0) is 19.1. The largest absolute Gasteiger partial charge is 0.507 e. The van der Waals surface area contributed by atoms with Crippen molar-refractivity contribution >= 4 is 5.91 Å². The SMILES string of the molecule is O=C(N[C@@H]1CCN(C(c2ccncc2)c2cc3c(cc2O)OCO3)C1)C1CC1. The second-order valence-electron chi connectivity index (χ2n) is 7.71. The number of amides is 1. The fraction of sp³-hybridized carbons (Fsp3) is 0.429. The van der Waals surface area contributed by atoms with E-state index in [9.17, 15) is 9.90 Å². The van der Waals surface area contributed by atoms with E-state index < -0.39 is 0 Å². The van der Waals surface area contributed by atoms with Gasteiger partial charge in [-0.1, -0.05) is 0 Å². The molecule has 3 aliphatic rings. The minimum Gasteiger partial charge on any atom is -0.507 e. The molecule has 2 aliphatic heterocycles. The Morgan fingerprint density at radius 1 is 1.18 bits per heavy atom. The highest BCUT2D eigenvalue weighted by Crippen LogP contribution is 2.43. The molecule has 1 saturated heterocycles. The van der Waals surface area contributed by atoms with E-state index in [0.29, 0.717) is 11.5 Å². The van der Waals surface area contributed by atoms with Crippen LogP contribution in [0.4, 0.5) is 0 Å². The zero-order valence-electron chi connectivity index (χ0n) is 15.5. The highest BCUT2D eigenvalue weighted by Gasteiger charge is 2.36. The molecule has 0 bridgehead atoms. The summed E-state index contributed by atoms with van der Waals surface area (Å²) in [6, 6.07) is 7.39. The van der Waals surface area contributed by atoms with Crippen molar-refractivity contribution in [1.82, 2.24) is 15.2 Å². The Hall–Kier alpha value is -2.80. The second-order valence-corrected chi connectivity index (χ2v) is 7.71. The number of carbonyl (C=O) groups is 1. The van der Waals surface area contributed by atoms with Crippen LogP contribution in [0.3, 0.4) is 0 Å². The predicted molar refractivity (Wildman–Crippen MR) is 101 cm³/mol. The molecule has 5 rings (SSSR count). The lowest BCUT2D eigenvalue weighted by molar-refractivity contribution is -0.122. The molecule has 7 heteroatoms. The van der Waals surface area contributed by atoms with Gasteiger partial charge in [-0.15, -0.1) is 0 Å². The number of nitrogens with zero attached hydrogens (tertiary/aromatic N) is 2. The summed E-state index contributed by atoms with van der Waals surface area (Å²) in [7, 11) is 0. The molecule has 0 radical (unpaired) electrons. The van der Waals surface area contributed by atoms with Gasteiger partial charge in [0.25, 0.3) is 0 Å². The van der Waals surface area contributed by atoms with E-state index in [1.54, 1.807) is 18.5 Å². The van der Waals surface area contributed by atoms with Crippen LogP contribution < -0.4 is 14.8 Å². The van der Waals surface area contributed by atoms with Gasteiger partial charge in [0.2, 0.25) is 12.7 Å². The molecule has 2 atom stereocenters. The highest BCUT2D eigenvalue weighted by atomic mass is 16.7. The number of rotatable bonds is 5. The Bertz CT molecular complexity index is 885. The number of phenols is 1. The number of ether oxygens (including phenoxy) is 2. The summed E-state index contributed by atoms with van der Waals surface area (Å²) in [6.07, 6.45) is 6.43. The molecule has 1 aromatic carbocycles. The number of hydrogen-bond donors (Lipinski definition) is 2. The summed E-state index contributed by atoms with van der Waals surface area (Å²) in [6.45, 7) is 1.73. The van der Waals surface area contributed by atoms with Gasteiger partial charge >= 0.3 is 0 Å². The fourth-order valence-corrected chi connectivity index (χ4v) is 4.10. The molecule has 2 N–H and O–H groups in total. The van der Waals surface area contributed by atoms with Crippen LogP contribution in [0, 0.1) is 5.92 Å². The van der Waals surface area contributed by atoms with Gasteiger partial charge in [0.15, 0.2) is 11.5 Å². The van der Waals surface area contributed by atoms with Crippen molar-refractivity contribution < 1.29 is 19.4 Å². The molecule has 0 spiro atoms. The number of pyridine rings is 1. The van der Waals surface area contributed by atoms with Crippen molar-refractivity contribution in [3.05, 3.63) is 47.8 Å². The molecule has 1 saturated carbocycles. The third-order valence-electron chi connectivity index (χ3n) is 5.72. The molecular weight excluding hydrogens is 358 g/mol. The molecule has 7 nitrogen and oxygen atoms in total. The first-order chi connectivity index (χ1) is 13.7. The molecule has 3 heterocycles. The van der Waals surface area contributed by atoms with Crippen LogP contribution in [0.5, 0.6) is 17.2 Å². The monoisotopic (exact) mass is 381 g/mol. The molecule has 1 amide bonds. The Morgan fingerprint density at radius 3 is 2.68 bits per heavy atom. The molecular formula is C21H23N3O4. The summed E-state index contributed by atoms with van der Waals surface area (Å²) in [5.74, 6) is 1.77. The standard InChI is InChI=1S/C21H23N3O4/c25-17-10-19-18(27-12-28-19)9-16(17)20(13-3-6-22-7-4-13)24-8-5-15(11-24)23-21(26)14-1-2-14/h3-4,6-7,9-10,14-15,20,25H,1-2,5,8,11-12H2,(H,23,26)/t15-,20?/m1/s1. The van der Waals surface area contributed by atoms with Gasteiger partial charge in [0, 0.05) is 49.1 Å². The Labute approximate surface area is 163 Å². The Kier molecular flexibility index (Phi) is 4.31. The number of aromatic hydroxyl groups is 1. The van der Waals surface area contributed by atoms with E-state index >= 15 is 0 Å². The van der Waals surface area contributed by atoms with Crippen LogP contribution in [0.15, 0.2) is 36.7 Å². The second kappa shape index (κ2) is 6.98. The summed E-state index contributed by atoms with van der Waals surface area (Å²) in [4.78, 5) is 18.6. The maximum Gasteiger partial charge on any atom is 0.231 e. The predicted octanol–water partition coefficient (Wildman–Crippen LogP) is 2.21. The van der Waals surface area contributed by atoms with Crippen molar-refractivity contribution in [2.24, 2.45) is 5.92 Å². The number of likely N-dealkylation sites (tertiary alicyclic amines) is 1. The Morgan fingerprint density at radius 2 is 1.93 bits per heavy atom. The average Bonchev–Trinajstić information content (AvgIpc) is 3.31. The molecule has 1 aliphatic carbocycles.